The van der Waals surface area contributed by atoms with E-state index in [0.29, 0.717) is 6.42 Å². The molecule has 3 rings (SSSR count). The fourth-order valence-electron chi connectivity index (χ4n) is 2.74. The van der Waals surface area contributed by atoms with Crippen LogP contribution in [0.4, 0.5) is 4.39 Å². The molecule has 3 aromatic rings. The molecule has 0 saturated heterocycles. The highest BCUT2D eigenvalue weighted by Gasteiger charge is 2.11. The molecule has 1 atom stereocenters. The number of benzene rings is 3. The molecule has 0 heterocycles. The molecule has 0 amide bonds. The van der Waals surface area contributed by atoms with Gasteiger partial charge in [-0.25, -0.2) is 4.39 Å². The van der Waals surface area contributed by atoms with Crippen LogP contribution in [0.3, 0.4) is 0 Å². The lowest BCUT2D eigenvalue weighted by Crippen LogP contribution is -2.15. The Bertz CT molecular complexity index is 779. The lowest BCUT2D eigenvalue weighted by atomic mass is 9.95. The lowest BCUT2D eigenvalue weighted by molar-refractivity contribution is 0.617. The quantitative estimate of drug-likeness (QED) is 0.749. The molecule has 0 bridgehead atoms. The second-order valence-corrected chi connectivity index (χ2v) is 5.49. The van der Waals surface area contributed by atoms with E-state index in [1.54, 1.807) is 12.1 Å². The Morgan fingerprint density at radius 2 is 1.71 bits per heavy atom. The van der Waals surface area contributed by atoms with Gasteiger partial charge in [0.2, 0.25) is 0 Å². The Hall–Kier alpha value is -2.19. The highest BCUT2D eigenvalue weighted by molar-refractivity contribution is 5.83. The highest BCUT2D eigenvalue weighted by atomic mass is 19.1. The third-order valence-electron chi connectivity index (χ3n) is 3.91. The monoisotopic (exact) mass is 279 g/mol. The van der Waals surface area contributed by atoms with Gasteiger partial charge in [-0.3, -0.25) is 0 Å². The molecule has 0 aliphatic carbocycles. The van der Waals surface area contributed by atoms with E-state index in [-0.39, 0.29) is 11.9 Å². The minimum atomic E-state index is -0.232. The van der Waals surface area contributed by atoms with E-state index in [4.69, 9.17) is 5.73 Å². The summed E-state index contributed by atoms with van der Waals surface area (Å²) in [5.74, 6) is -0.232. The van der Waals surface area contributed by atoms with Gasteiger partial charge in [-0.15, -0.1) is 0 Å². The molecule has 0 aliphatic heterocycles. The molecule has 0 spiro atoms. The Morgan fingerprint density at radius 1 is 0.952 bits per heavy atom. The summed E-state index contributed by atoms with van der Waals surface area (Å²) >= 11 is 0. The molecule has 1 unspecified atom stereocenters. The van der Waals surface area contributed by atoms with Crippen LogP contribution in [0, 0.1) is 12.7 Å². The molecule has 1 nitrogen and oxygen atoms in total. The summed E-state index contributed by atoms with van der Waals surface area (Å²) in [4.78, 5) is 0. The first-order valence-electron chi connectivity index (χ1n) is 7.13. The van der Waals surface area contributed by atoms with Crippen molar-refractivity contribution >= 4 is 10.8 Å². The molecule has 0 radical (unpaired) electrons. The van der Waals surface area contributed by atoms with Gasteiger partial charge in [0.25, 0.3) is 0 Å². The molecular weight excluding hydrogens is 261 g/mol. The van der Waals surface area contributed by atoms with Crippen molar-refractivity contribution in [3.05, 3.63) is 83.2 Å². The average molecular weight is 279 g/mol. The van der Waals surface area contributed by atoms with Crippen LogP contribution in [0.1, 0.15) is 22.7 Å². The van der Waals surface area contributed by atoms with Gasteiger partial charge in [0, 0.05) is 6.04 Å². The second kappa shape index (κ2) is 5.66. The van der Waals surface area contributed by atoms with Gasteiger partial charge in [-0.05, 0) is 52.9 Å². The van der Waals surface area contributed by atoms with Crippen molar-refractivity contribution in [3.63, 3.8) is 0 Å². The normalized spacial score (nSPS) is 12.5. The van der Waals surface area contributed by atoms with Gasteiger partial charge in [-0.2, -0.15) is 0 Å². The van der Waals surface area contributed by atoms with E-state index in [1.165, 1.54) is 22.4 Å². The summed E-state index contributed by atoms with van der Waals surface area (Å²) in [6, 6.07) is 19.2. The number of rotatable bonds is 3. The van der Waals surface area contributed by atoms with Crippen LogP contribution < -0.4 is 5.73 Å². The van der Waals surface area contributed by atoms with Crippen LogP contribution >= 0.6 is 0 Å². The molecule has 0 aliphatic rings. The van der Waals surface area contributed by atoms with E-state index in [2.05, 4.69) is 30.3 Å². The lowest BCUT2D eigenvalue weighted by Gasteiger charge is -2.15. The van der Waals surface area contributed by atoms with E-state index in [1.807, 2.05) is 19.1 Å². The summed E-state index contributed by atoms with van der Waals surface area (Å²) in [5.41, 5.74) is 9.36. The maximum atomic E-state index is 13.4. The first-order chi connectivity index (χ1) is 10.1. The zero-order chi connectivity index (χ0) is 14.8. The first kappa shape index (κ1) is 13.8. The van der Waals surface area contributed by atoms with Crippen molar-refractivity contribution in [2.24, 2.45) is 5.73 Å². The largest absolute Gasteiger partial charge is 0.324 e. The standard InChI is InChI=1S/C19H18FN/c1-13-6-9-17(20)12-18(13)19(21)11-14-7-8-15-4-2-3-5-16(15)10-14/h2-10,12,19H,11,21H2,1H3. The summed E-state index contributed by atoms with van der Waals surface area (Å²) < 4.78 is 13.4. The molecule has 106 valence electrons. The smallest absolute Gasteiger partial charge is 0.123 e. The number of halogens is 1. The van der Waals surface area contributed by atoms with Crippen LogP contribution in [-0.4, -0.2) is 0 Å². The Morgan fingerprint density at radius 3 is 2.52 bits per heavy atom. The number of aryl methyl sites for hydroxylation is 1. The third kappa shape index (κ3) is 2.96. The van der Waals surface area contributed by atoms with Gasteiger partial charge >= 0.3 is 0 Å². The van der Waals surface area contributed by atoms with Gasteiger partial charge in [-0.1, -0.05) is 48.5 Å². The van der Waals surface area contributed by atoms with Gasteiger partial charge in [0.05, 0.1) is 0 Å². The minimum absolute atomic E-state index is 0.193. The maximum absolute atomic E-state index is 13.4. The summed E-state index contributed by atoms with van der Waals surface area (Å²) in [5, 5.41) is 2.43. The number of hydrogen-bond donors (Lipinski definition) is 1. The number of hydrogen-bond acceptors (Lipinski definition) is 1. The van der Waals surface area contributed by atoms with E-state index >= 15 is 0 Å². The van der Waals surface area contributed by atoms with E-state index in [0.717, 1.165) is 11.1 Å². The second-order valence-electron chi connectivity index (χ2n) is 5.49. The summed E-state index contributed by atoms with van der Waals surface area (Å²) in [6.07, 6.45) is 0.703. The van der Waals surface area contributed by atoms with Crippen molar-refractivity contribution < 1.29 is 4.39 Å². The topological polar surface area (TPSA) is 26.0 Å². The van der Waals surface area contributed by atoms with E-state index < -0.39 is 0 Å². The zero-order valence-corrected chi connectivity index (χ0v) is 12.0. The van der Waals surface area contributed by atoms with Crippen LogP contribution in [0.15, 0.2) is 60.7 Å². The molecule has 2 heteroatoms. The minimum Gasteiger partial charge on any atom is -0.324 e. The van der Waals surface area contributed by atoms with Gasteiger partial charge in [0.1, 0.15) is 5.82 Å². The van der Waals surface area contributed by atoms with Crippen LogP contribution in [0.5, 0.6) is 0 Å². The summed E-state index contributed by atoms with van der Waals surface area (Å²) in [7, 11) is 0. The Balaban J connectivity index is 1.88. The molecular formula is C19H18FN. The fraction of sp³-hybridized carbons (Fsp3) is 0.158. The van der Waals surface area contributed by atoms with Crippen molar-refractivity contribution in [1.82, 2.24) is 0 Å². The highest BCUT2D eigenvalue weighted by Crippen LogP contribution is 2.23. The fourth-order valence-corrected chi connectivity index (χ4v) is 2.74. The van der Waals surface area contributed by atoms with Crippen molar-refractivity contribution in [2.75, 3.05) is 0 Å². The molecule has 0 saturated carbocycles. The summed E-state index contributed by atoms with van der Waals surface area (Å²) in [6.45, 7) is 1.97. The molecule has 0 fully saturated rings. The predicted octanol–water partition coefficient (Wildman–Crippen LogP) is 4.53. The number of nitrogens with two attached hydrogens (primary N) is 1. The maximum Gasteiger partial charge on any atom is 0.123 e. The number of fused-ring (bicyclic) bond motifs is 1. The Labute approximate surface area is 124 Å². The van der Waals surface area contributed by atoms with Gasteiger partial charge < -0.3 is 5.73 Å². The first-order valence-corrected chi connectivity index (χ1v) is 7.13. The van der Waals surface area contributed by atoms with Crippen LogP contribution in [0.2, 0.25) is 0 Å². The van der Waals surface area contributed by atoms with Crippen molar-refractivity contribution in [2.45, 2.75) is 19.4 Å². The van der Waals surface area contributed by atoms with Crippen molar-refractivity contribution in [3.8, 4) is 0 Å². The SMILES string of the molecule is Cc1ccc(F)cc1C(N)Cc1ccc2ccccc2c1. The molecule has 21 heavy (non-hydrogen) atoms. The van der Waals surface area contributed by atoms with Crippen LogP contribution in [-0.2, 0) is 6.42 Å². The molecule has 3 aromatic carbocycles. The predicted molar refractivity (Wildman–Crippen MR) is 85.7 cm³/mol. The zero-order valence-electron chi connectivity index (χ0n) is 12.0. The molecule has 0 aromatic heterocycles. The Kier molecular flexibility index (Phi) is 3.72. The van der Waals surface area contributed by atoms with Crippen molar-refractivity contribution in [1.29, 1.82) is 0 Å². The average Bonchev–Trinajstić information content (AvgIpc) is 2.49. The third-order valence-corrected chi connectivity index (χ3v) is 3.91. The van der Waals surface area contributed by atoms with Gasteiger partial charge in [0.15, 0.2) is 0 Å². The van der Waals surface area contributed by atoms with E-state index in [9.17, 15) is 4.39 Å². The molecule has 2 N–H and O–H groups in total. The van der Waals surface area contributed by atoms with Crippen LogP contribution in [0.25, 0.3) is 10.8 Å².